The molecule has 94 valence electrons. The maximum Gasteiger partial charge on any atom is 0.00105 e. The van der Waals surface area contributed by atoms with Gasteiger partial charge >= 0.3 is 0 Å². The van der Waals surface area contributed by atoms with Gasteiger partial charge in [0.25, 0.3) is 0 Å². The zero-order valence-electron chi connectivity index (χ0n) is 10.6. The molecule has 0 aromatic carbocycles. The molecular weight excluding hydrogens is 202 g/mol. The first-order chi connectivity index (χ1) is 6.43. The summed E-state index contributed by atoms with van der Waals surface area (Å²) in [7, 11) is 0. The monoisotopic (exact) mass is 233 g/mol. The smallest absolute Gasteiger partial charge is 0.00105 e. The van der Waals surface area contributed by atoms with E-state index in [4.69, 9.17) is 0 Å². The van der Waals surface area contributed by atoms with Crippen molar-refractivity contribution in [2.75, 3.05) is 12.3 Å². The molecule has 0 aromatic rings. The van der Waals surface area contributed by atoms with Crippen LogP contribution in [0, 0.1) is 11.8 Å². The van der Waals surface area contributed by atoms with Crippen molar-refractivity contribution in [3.8, 4) is 0 Å². The number of hydrogen-bond acceptors (Lipinski definition) is 2. The molecule has 0 spiro atoms. The van der Waals surface area contributed by atoms with E-state index >= 15 is 0 Å². The van der Waals surface area contributed by atoms with Gasteiger partial charge in [-0.2, -0.15) is 11.8 Å². The minimum Gasteiger partial charge on any atom is -0.314 e. The Kier molecular flexibility index (Phi) is 11.2. The highest BCUT2D eigenvalue weighted by Gasteiger charge is 2.14. The van der Waals surface area contributed by atoms with Crippen molar-refractivity contribution in [3.05, 3.63) is 0 Å². The quantitative estimate of drug-likeness (QED) is 0.712. The molecule has 0 aliphatic carbocycles. The molecule has 1 unspecified atom stereocenters. The number of rotatable bonds is 7. The van der Waals surface area contributed by atoms with E-state index in [2.05, 4.69) is 58.6 Å². The van der Waals surface area contributed by atoms with Crippen molar-refractivity contribution in [1.82, 2.24) is 5.32 Å². The lowest BCUT2D eigenvalue weighted by atomic mass is 9.98. The predicted molar refractivity (Wildman–Crippen MR) is 75.8 cm³/mol. The average molecular weight is 233 g/mol. The third-order valence-electron chi connectivity index (χ3n) is 2.37. The van der Waals surface area contributed by atoms with E-state index in [1.807, 2.05) is 0 Å². The van der Waals surface area contributed by atoms with Gasteiger partial charge in [-0.15, -0.1) is 0 Å². The summed E-state index contributed by atoms with van der Waals surface area (Å²) < 4.78 is 0. The van der Waals surface area contributed by atoms with Gasteiger partial charge in [0, 0.05) is 6.04 Å². The molecule has 1 nitrogen and oxygen atoms in total. The highest BCUT2D eigenvalue weighted by atomic mass is 32.2. The van der Waals surface area contributed by atoms with Crippen LogP contribution in [0.3, 0.4) is 0 Å². The van der Waals surface area contributed by atoms with Crippen LogP contribution in [-0.2, 0) is 0 Å². The highest BCUT2D eigenvalue weighted by molar-refractivity contribution is 7.99. The molecule has 2 heteroatoms. The van der Waals surface area contributed by atoms with Crippen LogP contribution < -0.4 is 5.32 Å². The normalized spacial score (nSPS) is 13.4. The van der Waals surface area contributed by atoms with Gasteiger partial charge in [0.2, 0.25) is 0 Å². The van der Waals surface area contributed by atoms with Gasteiger partial charge in [0.05, 0.1) is 0 Å². The largest absolute Gasteiger partial charge is 0.314 e. The van der Waals surface area contributed by atoms with Gasteiger partial charge in [0.15, 0.2) is 0 Å². The molecule has 1 atom stereocenters. The molecule has 0 saturated carbocycles. The molecule has 0 radical (unpaired) electrons. The van der Waals surface area contributed by atoms with E-state index in [1.165, 1.54) is 5.75 Å². The molecule has 0 amide bonds. The Labute approximate surface area is 102 Å². The average Bonchev–Trinajstić information content (AvgIpc) is 2.02. The van der Waals surface area contributed by atoms with Crippen molar-refractivity contribution in [2.24, 2.45) is 11.8 Å². The molecule has 0 aromatic heterocycles. The second kappa shape index (κ2) is 9.53. The zero-order valence-corrected chi connectivity index (χ0v) is 11.4. The van der Waals surface area contributed by atoms with Crippen LogP contribution >= 0.6 is 11.8 Å². The minimum absolute atomic E-state index is 0. The van der Waals surface area contributed by atoms with Gasteiger partial charge in [-0.3, -0.25) is 0 Å². The molecule has 0 rings (SSSR count). The van der Waals surface area contributed by atoms with Gasteiger partial charge in [-0.05, 0) is 29.4 Å². The maximum absolute atomic E-state index is 3.54. The van der Waals surface area contributed by atoms with Crippen LogP contribution in [0.4, 0.5) is 0 Å². The van der Waals surface area contributed by atoms with Crippen LogP contribution in [0.15, 0.2) is 0 Å². The Hall–Kier alpha value is 0.310. The molecule has 1 N–H and O–H groups in total. The van der Waals surface area contributed by atoms with Crippen LogP contribution in [-0.4, -0.2) is 23.6 Å². The molecule has 15 heavy (non-hydrogen) atoms. The van der Waals surface area contributed by atoms with Crippen LogP contribution in [0.2, 0.25) is 0 Å². The van der Waals surface area contributed by atoms with Crippen LogP contribution in [0.25, 0.3) is 0 Å². The Morgan fingerprint density at radius 1 is 1.00 bits per heavy atom. The lowest BCUT2D eigenvalue weighted by Crippen LogP contribution is -2.32. The van der Waals surface area contributed by atoms with E-state index in [0.29, 0.717) is 6.04 Å². The summed E-state index contributed by atoms with van der Waals surface area (Å²) in [6.45, 7) is 14.8. The Morgan fingerprint density at radius 3 is 1.87 bits per heavy atom. The van der Waals surface area contributed by atoms with Crippen molar-refractivity contribution in [3.63, 3.8) is 0 Å². The Bertz CT molecular complexity index is 120. The zero-order chi connectivity index (χ0) is 11.1. The fraction of sp³-hybridized carbons (Fsp3) is 1.00. The van der Waals surface area contributed by atoms with Gasteiger partial charge in [0.1, 0.15) is 0 Å². The van der Waals surface area contributed by atoms with Gasteiger partial charge < -0.3 is 5.32 Å². The minimum atomic E-state index is 0. The standard InChI is InChI=1S/C12H27NS.CH4/c1-9(2)12(7-13-10(3)4)8-14-11(5)6;/h9-13H,7-8H2,1-6H3;1H4. The second-order valence-electron chi connectivity index (χ2n) is 4.95. The molecule has 0 heterocycles. The summed E-state index contributed by atoms with van der Waals surface area (Å²) >= 11 is 2.08. The third kappa shape index (κ3) is 10.6. The third-order valence-corrected chi connectivity index (χ3v) is 3.66. The van der Waals surface area contributed by atoms with Crippen molar-refractivity contribution >= 4 is 11.8 Å². The summed E-state index contributed by atoms with van der Waals surface area (Å²) in [6, 6.07) is 0.611. The summed E-state index contributed by atoms with van der Waals surface area (Å²) in [6.07, 6.45) is 0. The van der Waals surface area contributed by atoms with Crippen LogP contribution in [0.1, 0.15) is 49.0 Å². The highest BCUT2D eigenvalue weighted by Crippen LogP contribution is 2.19. The fourth-order valence-electron chi connectivity index (χ4n) is 1.19. The topological polar surface area (TPSA) is 12.0 Å². The van der Waals surface area contributed by atoms with Crippen LogP contribution in [0.5, 0.6) is 0 Å². The molecule has 0 saturated heterocycles. The Morgan fingerprint density at radius 2 is 1.53 bits per heavy atom. The molecular formula is C13H31NS. The first-order valence-corrected chi connectivity index (χ1v) is 6.83. The maximum atomic E-state index is 3.54. The van der Waals surface area contributed by atoms with Crippen molar-refractivity contribution < 1.29 is 0 Å². The van der Waals surface area contributed by atoms with E-state index in [1.54, 1.807) is 0 Å². The summed E-state index contributed by atoms with van der Waals surface area (Å²) in [4.78, 5) is 0. The Balaban J connectivity index is 0. The summed E-state index contributed by atoms with van der Waals surface area (Å²) in [5.74, 6) is 2.88. The summed E-state index contributed by atoms with van der Waals surface area (Å²) in [5.41, 5.74) is 0. The molecule has 0 aliphatic rings. The summed E-state index contributed by atoms with van der Waals surface area (Å²) in [5, 5.41) is 4.30. The molecule has 0 aliphatic heterocycles. The lowest BCUT2D eigenvalue weighted by molar-refractivity contribution is 0.385. The van der Waals surface area contributed by atoms with Gasteiger partial charge in [-0.25, -0.2) is 0 Å². The molecule has 0 bridgehead atoms. The molecule has 0 fully saturated rings. The van der Waals surface area contributed by atoms with Crippen molar-refractivity contribution in [2.45, 2.75) is 60.3 Å². The van der Waals surface area contributed by atoms with E-state index in [-0.39, 0.29) is 7.43 Å². The number of nitrogens with one attached hydrogen (secondary N) is 1. The predicted octanol–water partition coefficient (Wildman–Crippen LogP) is 4.03. The lowest BCUT2D eigenvalue weighted by Gasteiger charge is -2.23. The van der Waals surface area contributed by atoms with Gasteiger partial charge in [-0.1, -0.05) is 49.0 Å². The fourth-order valence-corrected chi connectivity index (χ4v) is 2.33. The van der Waals surface area contributed by atoms with E-state index in [9.17, 15) is 0 Å². The van der Waals surface area contributed by atoms with E-state index in [0.717, 1.165) is 23.6 Å². The van der Waals surface area contributed by atoms with Crippen molar-refractivity contribution in [1.29, 1.82) is 0 Å². The second-order valence-corrected chi connectivity index (χ2v) is 6.56. The first-order valence-electron chi connectivity index (χ1n) is 5.78. The SMILES string of the molecule is C.CC(C)NCC(CSC(C)C)C(C)C. The number of thioether (sulfide) groups is 1. The number of hydrogen-bond donors (Lipinski definition) is 1. The first kappa shape index (κ1) is 17.7. The van der Waals surface area contributed by atoms with E-state index < -0.39 is 0 Å².